The van der Waals surface area contributed by atoms with Crippen LogP contribution in [0.3, 0.4) is 0 Å². The van der Waals surface area contributed by atoms with E-state index in [1.807, 2.05) is 0 Å². The maximum Gasteiger partial charge on any atom is 0.255 e. The lowest BCUT2D eigenvalue weighted by Crippen LogP contribution is -2.45. The topological polar surface area (TPSA) is 66.3 Å². The Morgan fingerprint density at radius 1 is 1.28 bits per heavy atom. The van der Waals surface area contributed by atoms with Gasteiger partial charge < -0.3 is 10.0 Å². The zero-order valence-corrected chi connectivity index (χ0v) is 15.4. The fourth-order valence-corrected chi connectivity index (χ4v) is 4.71. The van der Waals surface area contributed by atoms with Crippen LogP contribution in [0.1, 0.15) is 36.4 Å². The van der Waals surface area contributed by atoms with E-state index in [0.717, 1.165) is 29.0 Å². The van der Waals surface area contributed by atoms with Gasteiger partial charge in [-0.3, -0.25) is 4.79 Å². The molecule has 5 nitrogen and oxygen atoms in total. The lowest BCUT2D eigenvalue weighted by molar-refractivity contribution is -0.137. The average Bonchev–Trinajstić information content (AvgIpc) is 3.23. The van der Waals surface area contributed by atoms with Crippen molar-refractivity contribution in [3.63, 3.8) is 0 Å². The van der Waals surface area contributed by atoms with Crippen LogP contribution in [0.4, 0.5) is 17.6 Å². The van der Waals surface area contributed by atoms with Crippen LogP contribution in [-0.2, 0) is 10.2 Å². The SMILES string of the molecule is O=C(CO)N(CC(F)F)C[C@]12CC[C@H](C1)c1cc(-c3c(F)cccc3F)nnc12. The van der Waals surface area contributed by atoms with Crippen LogP contribution in [0.25, 0.3) is 11.3 Å². The van der Waals surface area contributed by atoms with E-state index in [9.17, 15) is 22.4 Å². The summed E-state index contributed by atoms with van der Waals surface area (Å²) < 4.78 is 54.1. The number of nitrogens with zero attached hydrogens (tertiary/aromatic N) is 3. The van der Waals surface area contributed by atoms with Gasteiger partial charge in [0.05, 0.1) is 23.5 Å². The van der Waals surface area contributed by atoms with Gasteiger partial charge in [0.2, 0.25) is 5.91 Å². The van der Waals surface area contributed by atoms with E-state index in [0.29, 0.717) is 18.5 Å². The summed E-state index contributed by atoms with van der Waals surface area (Å²) in [6.45, 7) is -1.62. The molecule has 0 radical (unpaired) electrons. The third-order valence-corrected chi connectivity index (χ3v) is 5.93. The first-order valence-electron chi connectivity index (χ1n) is 9.34. The van der Waals surface area contributed by atoms with Gasteiger partial charge in [0.1, 0.15) is 18.2 Å². The molecule has 2 bridgehead atoms. The van der Waals surface area contributed by atoms with E-state index in [2.05, 4.69) is 10.2 Å². The number of hydrogen-bond donors (Lipinski definition) is 1. The Bertz CT molecular complexity index is 935. The van der Waals surface area contributed by atoms with Crippen molar-refractivity contribution in [2.75, 3.05) is 19.7 Å². The van der Waals surface area contributed by atoms with E-state index in [4.69, 9.17) is 5.11 Å². The number of fused-ring (bicyclic) bond motifs is 5. The first kappa shape index (κ1) is 19.8. The summed E-state index contributed by atoms with van der Waals surface area (Å²) >= 11 is 0. The third kappa shape index (κ3) is 3.37. The number of aliphatic hydroxyl groups excluding tert-OH is 1. The molecule has 0 aliphatic heterocycles. The molecule has 1 saturated carbocycles. The molecule has 1 fully saturated rings. The Morgan fingerprint density at radius 3 is 2.66 bits per heavy atom. The zero-order valence-electron chi connectivity index (χ0n) is 15.4. The number of carbonyl (C=O) groups is 1. The highest BCUT2D eigenvalue weighted by atomic mass is 19.3. The van der Waals surface area contributed by atoms with Gasteiger partial charge in [-0.2, -0.15) is 10.2 Å². The molecule has 29 heavy (non-hydrogen) atoms. The van der Waals surface area contributed by atoms with Gasteiger partial charge in [0.15, 0.2) is 0 Å². The summed E-state index contributed by atoms with van der Waals surface area (Å²) in [5, 5.41) is 17.4. The minimum absolute atomic E-state index is 0.00230. The second kappa shape index (κ2) is 7.37. The number of benzene rings is 1. The molecule has 2 aliphatic rings. The molecule has 154 valence electrons. The predicted molar refractivity (Wildman–Crippen MR) is 95.3 cm³/mol. The van der Waals surface area contributed by atoms with Crippen LogP contribution in [-0.4, -0.2) is 52.2 Å². The second-order valence-corrected chi connectivity index (χ2v) is 7.67. The van der Waals surface area contributed by atoms with Crippen molar-refractivity contribution in [2.45, 2.75) is 37.0 Å². The van der Waals surface area contributed by atoms with Gasteiger partial charge in [0.25, 0.3) is 6.43 Å². The van der Waals surface area contributed by atoms with Crippen molar-refractivity contribution in [2.24, 2.45) is 0 Å². The smallest absolute Gasteiger partial charge is 0.255 e. The minimum Gasteiger partial charge on any atom is -0.387 e. The number of rotatable bonds is 6. The van der Waals surface area contributed by atoms with E-state index < -0.39 is 42.5 Å². The van der Waals surface area contributed by atoms with Gasteiger partial charge >= 0.3 is 0 Å². The molecule has 1 N–H and O–H groups in total. The monoisotopic (exact) mass is 409 g/mol. The Labute approximate surface area is 164 Å². The van der Waals surface area contributed by atoms with Gasteiger partial charge in [-0.25, -0.2) is 17.6 Å². The Morgan fingerprint density at radius 2 is 2.00 bits per heavy atom. The van der Waals surface area contributed by atoms with E-state index in [1.54, 1.807) is 6.07 Å². The fourth-order valence-electron chi connectivity index (χ4n) is 4.71. The summed E-state index contributed by atoms with van der Waals surface area (Å²) in [6, 6.07) is 5.16. The van der Waals surface area contributed by atoms with Crippen molar-refractivity contribution >= 4 is 5.91 Å². The van der Waals surface area contributed by atoms with Crippen LogP contribution in [0.5, 0.6) is 0 Å². The number of hydrogen-bond acceptors (Lipinski definition) is 4. The number of amides is 1. The van der Waals surface area contributed by atoms with Crippen LogP contribution in [0.2, 0.25) is 0 Å². The highest BCUT2D eigenvalue weighted by Gasteiger charge is 2.52. The Kier molecular flexibility index (Phi) is 5.02. The Balaban J connectivity index is 1.70. The molecule has 2 aromatic rings. The van der Waals surface area contributed by atoms with Crippen LogP contribution >= 0.6 is 0 Å². The Hall–Kier alpha value is -2.55. The largest absolute Gasteiger partial charge is 0.387 e. The quantitative estimate of drug-likeness (QED) is 0.745. The van der Waals surface area contributed by atoms with Gasteiger partial charge in [-0.15, -0.1) is 0 Å². The fraction of sp³-hybridized carbons (Fsp3) is 0.450. The van der Waals surface area contributed by atoms with Gasteiger partial charge in [0, 0.05) is 12.0 Å². The van der Waals surface area contributed by atoms with Crippen LogP contribution < -0.4 is 0 Å². The summed E-state index contributed by atoms with van der Waals surface area (Å²) in [6.07, 6.45) is -0.727. The predicted octanol–water partition coefficient (Wildman–Crippen LogP) is 3.03. The normalized spacial score (nSPS) is 22.2. The molecular weight excluding hydrogens is 390 g/mol. The van der Waals surface area contributed by atoms with Crippen LogP contribution in [0.15, 0.2) is 24.3 Å². The molecule has 1 heterocycles. The number of alkyl halides is 2. The second-order valence-electron chi connectivity index (χ2n) is 7.67. The summed E-state index contributed by atoms with van der Waals surface area (Å²) in [5.41, 5.74) is 0.558. The molecule has 0 saturated heterocycles. The minimum atomic E-state index is -2.72. The van der Waals surface area contributed by atoms with Gasteiger partial charge in [-0.05, 0) is 48.9 Å². The third-order valence-electron chi connectivity index (χ3n) is 5.93. The zero-order chi connectivity index (χ0) is 20.8. The lowest BCUT2D eigenvalue weighted by atomic mass is 9.82. The molecule has 4 rings (SSSR count). The van der Waals surface area contributed by atoms with Crippen molar-refractivity contribution in [3.05, 3.63) is 47.2 Å². The average molecular weight is 409 g/mol. The summed E-state index contributed by atoms with van der Waals surface area (Å²) in [4.78, 5) is 12.9. The standard InChI is InChI=1S/C20H19F4N3O2/c21-13-2-1-3-14(22)18(13)15-6-12-11-4-5-20(7-11,19(12)26-25-15)10-27(8-16(23)24)17(29)9-28/h1-3,6,11,16,28H,4-5,7-10H2/t11-,20+/m1/s1. The maximum atomic E-state index is 14.1. The van der Waals surface area contributed by atoms with Crippen molar-refractivity contribution in [1.82, 2.24) is 15.1 Å². The maximum absolute atomic E-state index is 14.1. The first-order chi connectivity index (χ1) is 13.8. The molecule has 2 atom stereocenters. The van der Waals surface area contributed by atoms with Crippen molar-refractivity contribution in [3.8, 4) is 11.3 Å². The summed E-state index contributed by atoms with van der Waals surface area (Å²) in [7, 11) is 0. The molecule has 1 aromatic heterocycles. The number of carbonyl (C=O) groups excluding carboxylic acids is 1. The molecule has 2 aliphatic carbocycles. The highest BCUT2D eigenvalue weighted by Crippen LogP contribution is 2.57. The highest BCUT2D eigenvalue weighted by molar-refractivity contribution is 5.77. The summed E-state index contributed by atoms with van der Waals surface area (Å²) in [5.74, 6) is -2.19. The lowest BCUT2D eigenvalue weighted by Gasteiger charge is -2.33. The number of halogens is 4. The van der Waals surface area contributed by atoms with E-state index in [-0.39, 0.29) is 23.7 Å². The molecule has 1 aromatic carbocycles. The van der Waals surface area contributed by atoms with Gasteiger partial charge in [-0.1, -0.05) is 6.07 Å². The van der Waals surface area contributed by atoms with Crippen molar-refractivity contribution < 1.29 is 27.5 Å². The number of aromatic nitrogens is 2. The number of aliphatic hydroxyl groups is 1. The van der Waals surface area contributed by atoms with E-state index in [1.165, 1.54) is 6.07 Å². The van der Waals surface area contributed by atoms with Crippen molar-refractivity contribution in [1.29, 1.82) is 0 Å². The molecule has 9 heteroatoms. The molecular formula is C20H19F4N3O2. The molecule has 1 amide bonds. The molecule has 0 unspecified atom stereocenters. The van der Waals surface area contributed by atoms with Crippen LogP contribution in [0, 0.1) is 11.6 Å². The van der Waals surface area contributed by atoms with E-state index >= 15 is 0 Å². The molecule has 0 spiro atoms. The first-order valence-corrected chi connectivity index (χ1v) is 9.34.